The fourth-order valence-electron chi connectivity index (χ4n) is 2.22. The van der Waals surface area contributed by atoms with Gasteiger partial charge in [0.15, 0.2) is 15.9 Å². The van der Waals surface area contributed by atoms with Gasteiger partial charge in [-0.25, -0.2) is 13.2 Å². The van der Waals surface area contributed by atoms with Gasteiger partial charge in [-0.1, -0.05) is 30.3 Å². The van der Waals surface area contributed by atoms with Crippen molar-refractivity contribution in [1.82, 2.24) is 0 Å². The Morgan fingerprint density at radius 3 is 2.23 bits per heavy atom. The molecule has 0 heterocycles. The van der Waals surface area contributed by atoms with Crippen molar-refractivity contribution in [2.75, 3.05) is 6.26 Å². The molecule has 2 rings (SSSR count). The molecule has 0 aliphatic heterocycles. The lowest BCUT2D eigenvalue weighted by Crippen LogP contribution is -2.24. The van der Waals surface area contributed by atoms with Gasteiger partial charge in [-0.05, 0) is 19.1 Å². The maximum atomic E-state index is 12.2. The molecule has 2 aromatic carbocycles. The first-order valence-electron chi connectivity index (χ1n) is 7.40. The number of benzene rings is 2. The van der Waals surface area contributed by atoms with Crippen molar-refractivity contribution in [2.24, 2.45) is 0 Å². The van der Waals surface area contributed by atoms with E-state index in [4.69, 9.17) is 4.74 Å². The normalized spacial score (nSPS) is 12.2. The molecule has 136 valence electrons. The number of hydrogen-bond acceptors (Lipinski definition) is 7. The summed E-state index contributed by atoms with van der Waals surface area (Å²) >= 11 is 0. The first kappa shape index (κ1) is 19.3. The molecule has 0 bridgehead atoms. The summed E-state index contributed by atoms with van der Waals surface area (Å²) in [5.74, 6) is -1.40. The summed E-state index contributed by atoms with van der Waals surface area (Å²) in [4.78, 5) is 34.1. The van der Waals surface area contributed by atoms with E-state index >= 15 is 0 Å². The molecule has 0 unspecified atom stereocenters. The van der Waals surface area contributed by atoms with Crippen LogP contribution in [0.5, 0.6) is 0 Å². The number of ketones is 1. The summed E-state index contributed by atoms with van der Waals surface area (Å²) in [7, 11) is -3.84. The third kappa shape index (κ3) is 4.31. The molecule has 0 aromatic heterocycles. The Bertz CT molecular complexity index is 968. The van der Waals surface area contributed by atoms with Crippen LogP contribution in [0.15, 0.2) is 53.4 Å². The number of esters is 1. The predicted molar refractivity (Wildman–Crippen MR) is 91.9 cm³/mol. The van der Waals surface area contributed by atoms with E-state index in [1.807, 2.05) is 0 Å². The summed E-state index contributed by atoms with van der Waals surface area (Å²) in [6.45, 7) is 1.38. The Morgan fingerprint density at radius 1 is 1.08 bits per heavy atom. The van der Waals surface area contributed by atoms with Crippen LogP contribution in [-0.2, 0) is 14.6 Å². The van der Waals surface area contributed by atoms with Crippen LogP contribution in [0.3, 0.4) is 0 Å². The highest BCUT2D eigenvalue weighted by Gasteiger charge is 2.26. The van der Waals surface area contributed by atoms with E-state index in [0.717, 1.165) is 24.5 Å². The van der Waals surface area contributed by atoms with Gasteiger partial charge < -0.3 is 4.74 Å². The average Bonchev–Trinajstić information content (AvgIpc) is 2.60. The standard InChI is InChI=1S/C17H15NO7S/c1-11(16(19)12-6-4-3-5-7-12)25-17(20)13-8-9-15(26(2,23)24)14(10-13)18(21)22/h3-11H,1-2H3/t11-/m0/s1. The molecule has 0 aliphatic rings. The highest BCUT2D eigenvalue weighted by molar-refractivity contribution is 7.90. The average molecular weight is 377 g/mol. The number of nitro benzene ring substituents is 1. The topological polar surface area (TPSA) is 121 Å². The van der Waals surface area contributed by atoms with Gasteiger partial charge >= 0.3 is 5.97 Å². The molecule has 1 atom stereocenters. The predicted octanol–water partition coefficient (Wildman–Crippen LogP) is 2.43. The number of nitro groups is 1. The Morgan fingerprint density at radius 2 is 1.69 bits per heavy atom. The maximum Gasteiger partial charge on any atom is 0.339 e. The van der Waals surface area contributed by atoms with Gasteiger partial charge in [0.25, 0.3) is 5.69 Å². The SMILES string of the molecule is C[C@H](OC(=O)c1ccc(S(C)(=O)=O)c([N+](=O)[O-])c1)C(=O)c1ccccc1. The van der Waals surface area contributed by atoms with Crippen LogP contribution in [0.2, 0.25) is 0 Å². The van der Waals surface area contributed by atoms with Gasteiger partial charge in [0.2, 0.25) is 5.78 Å². The van der Waals surface area contributed by atoms with E-state index in [9.17, 15) is 28.1 Å². The lowest BCUT2D eigenvalue weighted by molar-refractivity contribution is -0.387. The van der Waals surface area contributed by atoms with Crippen LogP contribution >= 0.6 is 0 Å². The number of carbonyl (C=O) groups excluding carboxylic acids is 2. The number of rotatable bonds is 6. The molecule has 0 spiro atoms. The van der Waals surface area contributed by atoms with Gasteiger partial charge in [0.1, 0.15) is 4.90 Å². The third-order valence-electron chi connectivity index (χ3n) is 3.50. The zero-order valence-electron chi connectivity index (χ0n) is 13.9. The van der Waals surface area contributed by atoms with E-state index in [0.29, 0.717) is 5.56 Å². The number of Topliss-reactive ketones (excluding diaryl/α,β-unsaturated/α-hetero) is 1. The van der Waals surface area contributed by atoms with E-state index in [1.54, 1.807) is 30.3 Å². The molecule has 26 heavy (non-hydrogen) atoms. The monoisotopic (exact) mass is 377 g/mol. The van der Waals surface area contributed by atoms with Crippen molar-refractivity contribution in [3.8, 4) is 0 Å². The number of nitrogens with zero attached hydrogens (tertiary/aromatic N) is 1. The molecule has 8 nitrogen and oxygen atoms in total. The maximum absolute atomic E-state index is 12.2. The first-order valence-corrected chi connectivity index (χ1v) is 9.29. The van der Waals surface area contributed by atoms with E-state index in [-0.39, 0.29) is 5.56 Å². The Labute approximate surface area is 149 Å². The zero-order valence-corrected chi connectivity index (χ0v) is 14.7. The zero-order chi connectivity index (χ0) is 19.5. The molecule has 0 saturated heterocycles. The highest BCUT2D eigenvalue weighted by atomic mass is 32.2. The van der Waals surface area contributed by atoms with Crippen LogP contribution < -0.4 is 0 Å². The summed E-state index contributed by atoms with van der Waals surface area (Å²) in [6.07, 6.45) is -0.285. The molecule has 0 N–H and O–H groups in total. The molecule has 2 aromatic rings. The first-order chi connectivity index (χ1) is 12.1. The minimum absolute atomic E-state index is 0.225. The van der Waals surface area contributed by atoms with E-state index < -0.39 is 43.2 Å². The van der Waals surface area contributed by atoms with E-state index in [2.05, 4.69) is 0 Å². The third-order valence-corrected chi connectivity index (χ3v) is 4.65. The van der Waals surface area contributed by atoms with Crippen molar-refractivity contribution in [3.63, 3.8) is 0 Å². The second kappa shape index (κ2) is 7.44. The van der Waals surface area contributed by atoms with Crippen molar-refractivity contribution >= 4 is 27.3 Å². The quantitative estimate of drug-likeness (QED) is 0.328. The Balaban J connectivity index is 2.26. The number of ether oxygens (including phenoxy) is 1. The summed E-state index contributed by atoms with van der Waals surface area (Å²) in [5, 5.41) is 11.1. The molecule has 0 fully saturated rings. The van der Waals surface area contributed by atoms with Crippen LogP contribution in [-0.4, -0.2) is 37.5 Å². The van der Waals surface area contributed by atoms with Crippen molar-refractivity contribution in [3.05, 3.63) is 69.8 Å². The molecule has 9 heteroatoms. The van der Waals surface area contributed by atoms with Gasteiger partial charge in [-0.3, -0.25) is 14.9 Å². The van der Waals surface area contributed by atoms with Crippen molar-refractivity contribution in [2.45, 2.75) is 17.9 Å². The fraction of sp³-hybridized carbons (Fsp3) is 0.176. The smallest absolute Gasteiger partial charge is 0.339 e. The van der Waals surface area contributed by atoms with Crippen LogP contribution in [0.25, 0.3) is 0 Å². The number of hydrogen-bond donors (Lipinski definition) is 0. The summed E-state index contributed by atoms with van der Waals surface area (Å²) in [6, 6.07) is 11.1. The van der Waals surface area contributed by atoms with Crippen molar-refractivity contribution in [1.29, 1.82) is 0 Å². The van der Waals surface area contributed by atoms with Crippen molar-refractivity contribution < 1.29 is 27.7 Å². The number of sulfone groups is 1. The van der Waals surface area contributed by atoms with Crippen LogP contribution in [0, 0.1) is 10.1 Å². The summed E-state index contributed by atoms with van der Waals surface area (Å²) < 4.78 is 28.2. The highest BCUT2D eigenvalue weighted by Crippen LogP contribution is 2.25. The molecule has 0 aliphatic carbocycles. The second-order valence-corrected chi connectivity index (χ2v) is 7.47. The second-order valence-electron chi connectivity index (χ2n) is 5.49. The fourth-order valence-corrected chi connectivity index (χ4v) is 3.05. The Kier molecular flexibility index (Phi) is 5.51. The van der Waals surface area contributed by atoms with Gasteiger partial charge in [0, 0.05) is 17.9 Å². The van der Waals surface area contributed by atoms with Crippen LogP contribution in [0.1, 0.15) is 27.6 Å². The summed E-state index contributed by atoms with van der Waals surface area (Å²) in [5.41, 5.74) is -0.605. The molecular formula is C17H15NO7S. The lowest BCUT2D eigenvalue weighted by atomic mass is 10.1. The Hall–Kier alpha value is -3.07. The molecule has 0 saturated carbocycles. The number of carbonyl (C=O) groups is 2. The molecule has 0 amide bonds. The van der Waals surface area contributed by atoms with E-state index in [1.165, 1.54) is 6.92 Å². The lowest BCUT2D eigenvalue weighted by Gasteiger charge is -2.12. The van der Waals surface area contributed by atoms with Crippen LogP contribution in [0.4, 0.5) is 5.69 Å². The molecule has 0 radical (unpaired) electrons. The van der Waals surface area contributed by atoms with Gasteiger partial charge in [-0.2, -0.15) is 0 Å². The minimum atomic E-state index is -3.84. The largest absolute Gasteiger partial charge is 0.451 e. The van der Waals surface area contributed by atoms with Gasteiger partial charge in [-0.15, -0.1) is 0 Å². The van der Waals surface area contributed by atoms with Gasteiger partial charge in [0.05, 0.1) is 10.5 Å². The minimum Gasteiger partial charge on any atom is -0.451 e. The molecular weight excluding hydrogens is 362 g/mol.